The third-order valence-electron chi connectivity index (χ3n) is 2.42. The quantitative estimate of drug-likeness (QED) is 0.681. The van der Waals surface area contributed by atoms with E-state index in [0.717, 1.165) is 5.92 Å². The molecule has 0 aromatic carbocycles. The molecular weight excluding hydrogens is 214 g/mol. The molecule has 4 nitrogen and oxygen atoms in total. The Kier molecular flexibility index (Phi) is 7.13. The largest absolute Gasteiger partial charge is 0.748 e. The summed E-state index contributed by atoms with van der Waals surface area (Å²) >= 11 is 0. The summed E-state index contributed by atoms with van der Waals surface area (Å²) in [6.07, 6.45) is 8.04. The standard InChI is InChI=1S/C9H19N.CH4O3S/c1-10(2)8-9-6-4-3-5-7-9;1-5(2,3)4/h9H,3-8H2,1-2H3;1H3,(H,2,3,4). The molecule has 1 saturated carbocycles. The number of rotatable bonds is 2. The van der Waals surface area contributed by atoms with Crippen LogP contribution in [0.25, 0.3) is 0 Å². The fraction of sp³-hybridized carbons (Fsp3) is 1.00. The van der Waals surface area contributed by atoms with Gasteiger partial charge in [-0.25, -0.2) is 8.42 Å². The Balaban J connectivity index is 0.000000336. The van der Waals surface area contributed by atoms with Gasteiger partial charge >= 0.3 is 0 Å². The van der Waals surface area contributed by atoms with Crippen molar-refractivity contribution in [1.29, 1.82) is 0 Å². The number of hydrogen-bond donors (Lipinski definition) is 1. The van der Waals surface area contributed by atoms with Crippen LogP contribution in [0.2, 0.25) is 0 Å². The molecule has 1 aliphatic rings. The molecule has 0 radical (unpaired) electrons. The SMILES string of the molecule is CS(=O)(=O)[O-].C[NH+](C)CC1CCCCC1. The average Bonchev–Trinajstić information content (AvgIpc) is 2.01. The van der Waals surface area contributed by atoms with Crippen molar-refractivity contribution in [3.8, 4) is 0 Å². The van der Waals surface area contributed by atoms with Crippen LogP contribution in [-0.4, -0.2) is 39.9 Å². The van der Waals surface area contributed by atoms with Gasteiger partial charge in [0.25, 0.3) is 0 Å². The highest BCUT2D eigenvalue weighted by atomic mass is 32.2. The third-order valence-corrected chi connectivity index (χ3v) is 2.42. The van der Waals surface area contributed by atoms with Gasteiger partial charge in [-0.2, -0.15) is 0 Å². The highest BCUT2D eigenvalue weighted by molar-refractivity contribution is 7.84. The Morgan fingerprint density at radius 1 is 1.20 bits per heavy atom. The predicted octanol–water partition coefficient (Wildman–Crippen LogP) is -0.127. The summed E-state index contributed by atoms with van der Waals surface area (Å²) in [6, 6.07) is 0. The van der Waals surface area contributed by atoms with Crippen LogP contribution >= 0.6 is 0 Å². The summed E-state index contributed by atoms with van der Waals surface area (Å²) in [4.78, 5) is 1.62. The van der Waals surface area contributed by atoms with E-state index in [2.05, 4.69) is 14.1 Å². The van der Waals surface area contributed by atoms with Crippen molar-refractivity contribution in [3.63, 3.8) is 0 Å². The van der Waals surface area contributed by atoms with Crippen LogP contribution in [0, 0.1) is 5.92 Å². The van der Waals surface area contributed by atoms with Crippen molar-refractivity contribution in [2.75, 3.05) is 26.9 Å². The lowest BCUT2D eigenvalue weighted by Gasteiger charge is -2.22. The van der Waals surface area contributed by atoms with E-state index < -0.39 is 10.1 Å². The maximum Gasteiger partial charge on any atom is 0.0916 e. The van der Waals surface area contributed by atoms with E-state index >= 15 is 0 Å². The third kappa shape index (κ3) is 13.9. The van der Waals surface area contributed by atoms with Crippen LogP contribution in [0.3, 0.4) is 0 Å². The fourth-order valence-corrected chi connectivity index (χ4v) is 1.97. The van der Waals surface area contributed by atoms with Crippen molar-refractivity contribution >= 4 is 10.1 Å². The molecule has 5 heteroatoms. The van der Waals surface area contributed by atoms with E-state index in [4.69, 9.17) is 13.0 Å². The van der Waals surface area contributed by atoms with Crippen LogP contribution in [0.15, 0.2) is 0 Å². The van der Waals surface area contributed by atoms with E-state index in [1.54, 1.807) is 4.90 Å². The molecule has 0 bridgehead atoms. The average molecular weight is 237 g/mol. The van der Waals surface area contributed by atoms with Gasteiger partial charge in [-0.3, -0.25) is 0 Å². The maximum absolute atomic E-state index is 9.08. The maximum atomic E-state index is 9.08. The lowest BCUT2D eigenvalue weighted by molar-refractivity contribution is -0.862. The van der Waals surface area contributed by atoms with Crippen molar-refractivity contribution in [2.45, 2.75) is 32.1 Å². The Labute approximate surface area is 93.4 Å². The van der Waals surface area contributed by atoms with Crippen molar-refractivity contribution < 1.29 is 17.9 Å². The van der Waals surface area contributed by atoms with Crippen LogP contribution in [0.1, 0.15) is 32.1 Å². The van der Waals surface area contributed by atoms with Crippen LogP contribution in [0.5, 0.6) is 0 Å². The summed E-state index contributed by atoms with van der Waals surface area (Å²) in [7, 11) is 0.600. The van der Waals surface area contributed by atoms with Gasteiger partial charge in [-0.05, 0) is 12.8 Å². The first-order valence-electron chi connectivity index (χ1n) is 5.49. The molecule has 0 aliphatic heterocycles. The second-order valence-corrected chi connectivity index (χ2v) is 6.03. The molecule has 1 N–H and O–H groups in total. The Bertz CT molecular complexity index is 235. The summed E-state index contributed by atoms with van der Waals surface area (Å²) in [5.74, 6) is 1.04. The summed E-state index contributed by atoms with van der Waals surface area (Å²) < 4.78 is 27.2. The first kappa shape index (κ1) is 14.9. The molecule has 0 atom stereocenters. The van der Waals surface area contributed by atoms with Crippen molar-refractivity contribution in [3.05, 3.63) is 0 Å². The first-order chi connectivity index (χ1) is 6.79. The number of nitrogens with one attached hydrogen (secondary N) is 1. The normalized spacial score (nSPS) is 18.5. The summed E-state index contributed by atoms with van der Waals surface area (Å²) in [5.41, 5.74) is 0. The molecule has 92 valence electrons. The van der Waals surface area contributed by atoms with Crippen molar-refractivity contribution in [2.24, 2.45) is 5.92 Å². The molecule has 15 heavy (non-hydrogen) atoms. The lowest BCUT2D eigenvalue weighted by Crippen LogP contribution is -3.06. The van der Waals surface area contributed by atoms with E-state index in [1.165, 1.54) is 38.6 Å². The lowest BCUT2D eigenvalue weighted by atomic mass is 9.89. The van der Waals surface area contributed by atoms with Gasteiger partial charge in [-0.1, -0.05) is 19.3 Å². The van der Waals surface area contributed by atoms with Gasteiger partial charge in [0.15, 0.2) is 0 Å². The van der Waals surface area contributed by atoms with Gasteiger partial charge in [0.1, 0.15) is 0 Å². The molecule has 1 fully saturated rings. The van der Waals surface area contributed by atoms with Gasteiger partial charge in [-0.15, -0.1) is 0 Å². The summed E-state index contributed by atoms with van der Waals surface area (Å²) in [5, 5.41) is 0. The van der Waals surface area contributed by atoms with Crippen LogP contribution in [0.4, 0.5) is 0 Å². The van der Waals surface area contributed by atoms with E-state index in [-0.39, 0.29) is 0 Å². The highest BCUT2D eigenvalue weighted by Crippen LogP contribution is 2.21. The first-order valence-corrected chi connectivity index (χ1v) is 7.30. The molecule has 0 saturated heterocycles. The van der Waals surface area contributed by atoms with E-state index in [9.17, 15) is 0 Å². The summed E-state index contributed by atoms with van der Waals surface area (Å²) in [6.45, 7) is 1.39. The van der Waals surface area contributed by atoms with E-state index in [0.29, 0.717) is 6.26 Å². The smallest absolute Gasteiger partial charge is 0.0916 e. The Morgan fingerprint density at radius 3 is 1.93 bits per heavy atom. The zero-order valence-corrected chi connectivity index (χ0v) is 10.8. The van der Waals surface area contributed by atoms with E-state index in [1.807, 2.05) is 0 Å². The minimum atomic E-state index is -3.92. The number of hydrogen-bond acceptors (Lipinski definition) is 3. The fourth-order valence-electron chi connectivity index (χ4n) is 1.97. The van der Waals surface area contributed by atoms with Crippen molar-refractivity contribution in [1.82, 2.24) is 0 Å². The highest BCUT2D eigenvalue weighted by Gasteiger charge is 2.15. The van der Waals surface area contributed by atoms with Gasteiger partial charge in [0.05, 0.1) is 30.8 Å². The molecule has 0 unspecified atom stereocenters. The Morgan fingerprint density at radius 2 is 1.60 bits per heavy atom. The second-order valence-electron chi connectivity index (χ2n) is 4.62. The molecule has 0 heterocycles. The van der Waals surface area contributed by atoms with Crippen LogP contribution in [-0.2, 0) is 10.1 Å². The van der Waals surface area contributed by atoms with Gasteiger partial charge < -0.3 is 9.45 Å². The second kappa shape index (κ2) is 7.19. The zero-order chi connectivity index (χ0) is 11.9. The minimum absolute atomic E-state index is 0.604. The van der Waals surface area contributed by atoms with Gasteiger partial charge in [0, 0.05) is 12.2 Å². The molecule has 0 aromatic rings. The zero-order valence-electron chi connectivity index (χ0n) is 9.95. The van der Waals surface area contributed by atoms with Crippen LogP contribution < -0.4 is 4.90 Å². The molecule has 0 amide bonds. The monoisotopic (exact) mass is 237 g/mol. The number of quaternary nitrogens is 1. The topological polar surface area (TPSA) is 61.6 Å². The molecular formula is C10H23NO3S. The Hall–Kier alpha value is -0.130. The molecule has 0 spiro atoms. The molecule has 1 rings (SSSR count). The van der Waals surface area contributed by atoms with Gasteiger partial charge in [0.2, 0.25) is 0 Å². The molecule has 1 aliphatic carbocycles. The minimum Gasteiger partial charge on any atom is -0.748 e. The predicted molar refractivity (Wildman–Crippen MR) is 59.9 cm³/mol. The molecule has 0 aromatic heterocycles.